The smallest absolute Gasteiger partial charge is 0.261 e. The van der Waals surface area contributed by atoms with Crippen LogP contribution in [0.25, 0.3) is 0 Å². The summed E-state index contributed by atoms with van der Waals surface area (Å²) >= 11 is 0. The van der Waals surface area contributed by atoms with Crippen LogP contribution in [0.3, 0.4) is 0 Å². The highest BCUT2D eigenvalue weighted by atomic mass is 31.1. The molecule has 0 radical (unpaired) electrons. The topological polar surface area (TPSA) is 18.5 Å². The molecule has 0 aliphatic carbocycles. The fraction of sp³-hybridized carbons (Fsp3) is 0.600. The van der Waals surface area contributed by atoms with E-state index in [0.29, 0.717) is 11.5 Å². The quantitative estimate of drug-likeness (QED) is 0.341. The van der Waals surface area contributed by atoms with Gasteiger partial charge >= 0.3 is 0 Å². The van der Waals surface area contributed by atoms with E-state index in [0.717, 1.165) is 33.4 Å². The van der Waals surface area contributed by atoms with Gasteiger partial charge in [0.2, 0.25) is 0 Å². The molecule has 6 heteroatoms. The first-order valence-corrected chi connectivity index (χ1v) is 14.2. The molecule has 2 aromatic carbocycles. The van der Waals surface area contributed by atoms with Gasteiger partial charge < -0.3 is 9.05 Å². The first-order valence-electron chi connectivity index (χ1n) is 12.7. The molecule has 2 atom stereocenters. The van der Waals surface area contributed by atoms with Crippen LogP contribution in [0.1, 0.15) is 129 Å². The molecule has 0 heterocycles. The first-order chi connectivity index (χ1) is 16.2. The predicted octanol–water partition coefficient (Wildman–Crippen LogP) is 10.7. The van der Waals surface area contributed by atoms with E-state index in [9.17, 15) is 8.39 Å². The lowest BCUT2D eigenvalue weighted by Crippen LogP contribution is -2.20. The van der Waals surface area contributed by atoms with Crippen molar-refractivity contribution in [2.24, 2.45) is 0 Å². The zero-order valence-electron chi connectivity index (χ0n) is 24.5. The molecule has 36 heavy (non-hydrogen) atoms. The van der Waals surface area contributed by atoms with Gasteiger partial charge in [-0.25, -0.2) is 0 Å². The van der Waals surface area contributed by atoms with Crippen molar-refractivity contribution in [2.45, 2.75) is 118 Å². The second-order valence-corrected chi connectivity index (χ2v) is 14.7. The van der Waals surface area contributed by atoms with Crippen molar-refractivity contribution in [3.63, 3.8) is 0 Å². The Hall–Kier alpha value is -1.24. The van der Waals surface area contributed by atoms with Crippen LogP contribution in [-0.2, 0) is 21.7 Å². The fourth-order valence-corrected chi connectivity index (χ4v) is 5.01. The summed E-state index contributed by atoms with van der Waals surface area (Å²) < 4.78 is 39.1. The molecule has 0 saturated carbocycles. The van der Waals surface area contributed by atoms with Gasteiger partial charge in [-0.05, 0) is 32.8 Å². The van der Waals surface area contributed by atoms with Crippen molar-refractivity contribution in [1.29, 1.82) is 0 Å². The minimum atomic E-state index is -1.17. The summed E-state index contributed by atoms with van der Waals surface area (Å²) in [5.74, 6) is 0.946. The summed E-state index contributed by atoms with van der Waals surface area (Å²) in [5, 5.41) is 0. The minimum Gasteiger partial charge on any atom is -0.445 e. The summed E-state index contributed by atoms with van der Waals surface area (Å²) in [5.41, 5.74) is 5.31. The third-order valence-electron chi connectivity index (χ3n) is 6.80. The van der Waals surface area contributed by atoms with Gasteiger partial charge in [0.1, 0.15) is 11.5 Å². The Bertz CT molecular complexity index is 983. The molecule has 0 bridgehead atoms. The summed E-state index contributed by atoms with van der Waals surface area (Å²) in [6.45, 7) is 27.9. The van der Waals surface area contributed by atoms with Gasteiger partial charge in [0.25, 0.3) is 18.2 Å². The standard InChI is InChI=1S/C30H46F2O2P2/c1-18(21-14-19(27(2,3)4)16-23(29(8,9)10)25(21)33-35-31)22-15-20(28(5,6)7)17-24(30(11,12)13)26(22)34-36-32/h14-18,35-36H,1-13H3. The van der Waals surface area contributed by atoms with Crippen LogP contribution in [0.15, 0.2) is 24.3 Å². The normalized spacial score (nSPS) is 14.8. The lowest BCUT2D eigenvalue weighted by Gasteiger charge is -2.33. The molecule has 0 saturated heterocycles. The highest BCUT2D eigenvalue weighted by Gasteiger charge is 2.32. The van der Waals surface area contributed by atoms with Crippen LogP contribution in [0.2, 0.25) is 0 Å². The summed E-state index contributed by atoms with van der Waals surface area (Å²) in [6, 6.07) is 8.57. The summed E-state index contributed by atoms with van der Waals surface area (Å²) in [4.78, 5) is 0. The maximum atomic E-state index is 13.8. The second kappa shape index (κ2) is 10.9. The molecule has 0 aliphatic heterocycles. The van der Waals surface area contributed by atoms with Crippen LogP contribution in [-0.4, -0.2) is 0 Å². The molecule has 0 fully saturated rings. The molecule has 0 aromatic heterocycles. The molecule has 0 aliphatic rings. The summed E-state index contributed by atoms with van der Waals surface area (Å²) in [6.07, 6.45) is 0. The van der Waals surface area contributed by atoms with E-state index in [1.54, 1.807) is 0 Å². The zero-order chi connectivity index (χ0) is 27.9. The maximum absolute atomic E-state index is 13.8. The Labute approximate surface area is 222 Å². The monoisotopic (exact) mass is 538 g/mol. The number of hydrogen-bond donors (Lipinski definition) is 0. The van der Waals surface area contributed by atoms with Crippen LogP contribution in [0.4, 0.5) is 8.39 Å². The van der Waals surface area contributed by atoms with Crippen LogP contribution in [0, 0.1) is 0 Å². The Morgan fingerprint density at radius 1 is 0.556 bits per heavy atom. The van der Waals surface area contributed by atoms with E-state index in [4.69, 9.17) is 9.05 Å². The van der Waals surface area contributed by atoms with Crippen molar-refractivity contribution in [3.05, 3.63) is 57.6 Å². The lowest BCUT2D eigenvalue weighted by atomic mass is 9.74. The lowest BCUT2D eigenvalue weighted by molar-refractivity contribution is 0.505. The van der Waals surface area contributed by atoms with E-state index < -0.39 is 18.2 Å². The fourth-order valence-electron chi connectivity index (χ4n) is 4.40. The van der Waals surface area contributed by atoms with E-state index in [2.05, 4.69) is 114 Å². The van der Waals surface area contributed by atoms with Gasteiger partial charge in [0.05, 0.1) is 0 Å². The van der Waals surface area contributed by atoms with E-state index >= 15 is 0 Å². The number of benzene rings is 2. The molecule has 0 spiro atoms. The van der Waals surface area contributed by atoms with Crippen LogP contribution < -0.4 is 9.05 Å². The third-order valence-corrected chi connectivity index (χ3v) is 7.36. The highest BCUT2D eigenvalue weighted by molar-refractivity contribution is 7.26. The number of halogens is 2. The third kappa shape index (κ3) is 6.99. The Morgan fingerprint density at radius 3 is 1.08 bits per heavy atom. The van der Waals surface area contributed by atoms with E-state index in [1.807, 2.05) is 0 Å². The molecular weight excluding hydrogens is 492 g/mol. The highest BCUT2D eigenvalue weighted by Crippen LogP contribution is 2.49. The van der Waals surface area contributed by atoms with Crippen molar-refractivity contribution in [3.8, 4) is 11.5 Å². The molecular formula is C30H46F2O2P2. The van der Waals surface area contributed by atoms with Crippen molar-refractivity contribution >= 4 is 18.2 Å². The Morgan fingerprint density at radius 2 is 0.861 bits per heavy atom. The average Bonchev–Trinajstić information content (AvgIpc) is 2.70. The summed E-state index contributed by atoms with van der Waals surface area (Å²) in [7, 11) is -2.35. The molecule has 202 valence electrons. The molecule has 0 amide bonds. The first kappa shape index (κ1) is 31.0. The van der Waals surface area contributed by atoms with Gasteiger partial charge in [0.15, 0.2) is 0 Å². The van der Waals surface area contributed by atoms with Gasteiger partial charge in [-0.2, -0.15) is 8.39 Å². The van der Waals surface area contributed by atoms with E-state index in [-0.39, 0.29) is 27.6 Å². The largest absolute Gasteiger partial charge is 0.445 e. The van der Waals surface area contributed by atoms with Crippen LogP contribution in [0.5, 0.6) is 11.5 Å². The average molecular weight is 539 g/mol. The Balaban J connectivity index is 3.04. The van der Waals surface area contributed by atoms with E-state index in [1.165, 1.54) is 0 Å². The van der Waals surface area contributed by atoms with Gasteiger partial charge in [0, 0.05) is 28.2 Å². The maximum Gasteiger partial charge on any atom is 0.261 e. The second-order valence-electron chi connectivity index (χ2n) is 14.0. The Kier molecular flexibility index (Phi) is 9.35. The number of rotatable bonds is 6. The number of hydrogen-bond acceptors (Lipinski definition) is 2. The SMILES string of the molecule is CC(c1cc(C(C)(C)C)cc(C(C)(C)C)c1OPF)c1cc(C(C)(C)C)cc(C(C)(C)C)c1OPF. The van der Waals surface area contributed by atoms with Gasteiger partial charge in [-0.1, -0.05) is 114 Å². The van der Waals surface area contributed by atoms with Gasteiger partial charge in [-0.15, -0.1) is 0 Å². The van der Waals surface area contributed by atoms with Crippen molar-refractivity contribution < 1.29 is 17.4 Å². The molecule has 2 rings (SSSR count). The van der Waals surface area contributed by atoms with Crippen molar-refractivity contribution in [1.82, 2.24) is 0 Å². The van der Waals surface area contributed by atoms with Crippen molar-refractivity contribution in [2.75, 3.05) is 0 Å². The zero-order valence-corrected chi connectivity index (χ0v) is 26.5. The minimum absolute atomic E-state index is 0.117. The van der Waals surface area contributed by atoms with Gasteiger partial charge in [-0.3, -0.25) is 0 Å². The molecule has 0 N–H and O–H groups in total. The molecule has 2 unspecified atom stereocenters. The van der Waals surface area contributed by atoms with Crippen LogP contribution >= 0.6 is 18.2 Å². The molecule has 2 aromatic rings. The predicted molar refractivity (Wildman–Crippen MR) is 155 cm³/mol. The molecule has 2 nitrogen and oxygen atoms in total.